The summed E-state index contributed by atoms with van der Waals surface area (Å²) in [5.41, 5.74) is 0.363. The molecule has 116 valence electrons. The summed E-state index contributed by atoms with van der Waals surface area (Å²) in [5, 5.41) is 5.25. The molecule has 0 spiro atoms. The Morgan fingerprint density at radius 1 is 1.18 bits per heavy atom. The maximum atomic E-state index is 11.9. The molecular weight excluding hydrogens is 323 g/mol. The van der Waals surface area contributed by atoms with Crippen LogP contribution >= 0.6 is 23.7 Å². The van der Waals surface area contributed by atoms with Crippen molar-refractivity contribution < 1.29 is 14.0 Å². The maximum Gasteiger partial charge on any atom is 0.191 e. The van der Waals surface area contributed by atoms with Crippen molar-refractivity contribution in [2.24, 2.45) is 5.14 Å². The summed E-state index contributed by atoms with van der Waals surface area (Å²) in [4.78, 5) is 26.9. The lowest BCUT2D eigenvalue weighted by atomic mass is 10.3. The van der Waals surface area contributed by atoms with Crippen molar-refractivity contribution in [2.75, 3.05) is 5.75 Å². The molecule has 0 aliphatic heterocycles. The lowest BCUT2D eigenvalue weighted by Crippen LogP contribution is -2.06. The van der Waals surface area contributed by atoms with E-state index in [1.807, 2.05) is 0 Å². The van der Waals surface area contributed by atoms with E-state index in [0.29, 0.717) is 5.69 Å². The molecule has 0 atom stereocenters. The molecule has 7 heteroatoms. The molecule has 4 nitrogen and oxygen atoms in total. The molecule has 0 fully saturated rings. The van der Waals surface area contributed by atoms with Crippen molar-refractivity contribution in [3.63, 3.8) is 0 Å². The highest BCUT2D eigenvalue weighted by Crippen LogP contribution is 2.11. The number of Topliss-reactive ketones (excluding diaryl/α,β-unsaturated/α-hetero) is 1. The van der Waals surface area contributed by atoms with E-state index in [-0.39, 0.29) is 22.5 Å². The van der Waals surface area contributed by atoms with Gasteiger partial charge in [-0.05, 0) is 36.2 Å². The monoisotopic (exact) mass is 338 g/mol. The van der Waals surface area contributed by atoms with Gasteiger partial charge in [0.15, 0.2) is 10.9 Å². The first-order chi connectivity index (χ1) is 10.5. The number of ketones is 1. The summed E-state index contributed by atoms with van der Waals surface area (Å²) in [6.45, 7) is 1.43. The molecular formula is C15H15FN2O2S2. The van der Waals surface area contributed by atoms with Crippen molar-refractivity contribution in [2.45, 2.75) is 11.8 Å². The molecule has 2 rings (SSSR count). The van der Waals surface area contributed by atoms with E-state index in [4.69, 9.17) is 5.14 Å². The van der Waals surface area contributed by atoms with Crippen LogP contribution in [0.15, 0.2) is 53.6 Å². The first kappa shape index (κ1) is 18.3. The van der Waals surface area contributed by atoms with E-state index >= 15 is 0 Å². The zero-order valence-electron chi connectivity index (χ0n) is 11.9. The predicted molar refractivity (Wildman–Crippen MR) is 88.2 cm³/mol. The Hall–Kier alpha value is -1.70. The predicted octanol–water partition coefficient (Wildman–Crippen LogP) is 3.34. The fourth-order valence-corrected chi connectivity index (χ4v) is 2.01. The second-order valence-corrected chi connectivity index (χ2v) is 5.86. The number of nitrogens with two attached hydrogens (primary N) is 1. The summed E-state index contributed by atoms with van der Waals surface area (Å²) in [7, 11) is 0. The molecule has 0 aliphatic carbocycles. The van der Waals surface area contributed by atoms with Crippen LogP contribution in [0.2, 0.25) is 0 Å². The molecule has 0 unspecified atom stereocenters. The maximum absolute atomic E-state index is 11.9. The van der Waals surface area contributed by atoms with E-state index in [2.05, 4.69) is 4.98 Å². The topological polar surface area (TPSA) is 73.0 Å². The number of pyridine rings is 1. The first-order valence-electron chi connectivity index (χ1n) is 6.23. The van der Waals surface area contributed by atoms with Gasteiger partial charge in [-0.15, -0.1) is 0 Å². The summed E-state index contributed by atoms with van der Waals surface area (Å²) < 4.78 is 11.9. The third-order valence-corrected chi connectivity index (χ3v) is 3.62. The van der Waals surface area contributed by atoms with Crippen LogP contribution in [-0.4, -0.2) is 21.6 Å². The molecule has 22 heavy (non-hydrogen) atoms. The van der Waals surface area contributed by atoms with Crippen LogP contribution in [-0.2, 0) is 4.79 Å². The van der Waals surface area contributed by atoms with Crippen LogP contribution in [0.1, 0.15) is 17.4 Å². The highest BCUT2D eigenvalue weighted by molar-refractivity contribution is 8.14. The van der Waals surface area contributed by atoms with Gasteiger partial charge in [0.1, 0.15) is 11.5 Å². The molecule has 2 aromatic rings. The number of hydrogen-bond acceptors (Lipinski definition) is 6. The number of thioether (sulfide) groups is 1. The van der Waals surface area contributed by atoms with Gasteiger partial charge in [-0.25, -0.2) is 4.39 Å². The standard InChI is InChI=1S/C9H10N2O2S2.C6H5F/c1-6(12)14-5-9(13)8-3-2-7(15-10)4-11-8;7-6-4-2-1-3-5-6/h2-4H,5,10H2,1H3;1-5H. The van der Waals surface area contributed by atoms with Gasteiger partial charge < -0.3 is 0 Å². The van der Waals surface area contributed by atoms with Gasteiger partial charge in [-0.3, -0.25) is 19.7 Å². The Kier molecular flexibility index (Phi) is 8.42. The van der Waals surface area contributed by atoms with E-state index in [1.165, 1.54) is 25.3 Å². The lowest BCUT2D eigenvalue weighted by molar-refractivity contribution is -0.109. The number of aromatic nitrogens is 1. The minimum Gasteiger partial charge on any atom is -0.291 e. The summed E-state index contributed by atoms with van der Waals surface area (Å²) in [6.07, 6.45) is 1.54. The largest absolute Gasteiger partial charge is 0.291 e. The second-order valence-electron chi connectivity index (χ2n) is 4.00. The van der Waals surface area contributed by atoms with Gasteiger partial charge in [0.05, 0.1) is 5.75 Å². The van der Waals surface area contributed by atoms with E-state index < -0.39 is 0 Å². The number of carbonyl (C=O) groups excluding carboxylic acids is 2. The van der Waals surface area contributed by atoms with Crippen LogP contribution in [0, 0.1) is 5.82 Å². The molecule has 1 aromatic carbocycles. The van der Waals surface area contributed by atoms with E-state index in [0.717, 1.165) is 28.6 Å². The summed E-state index contributed by atoms with van der Waals surface area (Å²) in [6, 6.07) is 11.3. The van der Waals surface area contributed by atoms with Crippen molar-refractivity contribution in [3.8, 4) is 0 Å². The molecule has 0 saturated carbocycles. The summed E-state index contributed by atoms with van der Waals surface area (Å²) in [5.74, 6) is -0.191. The average Bonchev–Trinajstić information content (AvgIpc) is 2.54. The average molecular weight is 338 g/mol. The smallest absolute Gasteiger partial charge is 0.191 e. The fourth-order valence-electron chi connectivity index (χ4n) is 1.27. The molecule has 0 radical (unpaired) electrons. The van der Waals surface area contributed by atoms with Crippen molar-refractivity contribution in [3.05, 3.63) is 60.2 Å². The zero-order valence-corrected chi connectivity index (χ0v) is 13.5. The highest BCUT2D eigenvalue weighted by Gasteiger charge is 2.08. The Bertz CT molecular complexity index is 607. The van der Waals surface area contributed by atoms with Gasteiger partial charge in [-0.1, -0.05) is 30.0 Å². The Balaban J connectivity index is 0.000000287. The number of nitrogens with zero attached hydrogens (tertiary/aromatic N) is 1. The normalized spacial score (nSPS) is 9.59. The number of halogens is 1. The van der Waals surface area contributed by atoms with Crippen molar-refractivity contribution in [1.82, 2.24) is 4.98 Å². The van der Waals surface area contributed by atoms with Crippen LogP contribution in [0.3, 0.4) is 0 Å². The molecule has 2 N–H and O–H groups in total. The zero-order chi connectivity index (χ0) is 16.4. The van der Waals surface area contributed by atoms with Crippen molar-refractivity contribution >= 4 is 34.6 Å². The lowest BCUT2D eigenvalue weighted by Gasteiger charge is -1.99. The van der Waals surface area contributed by atoms with Gasteiger partial charge in [0.25, 0.3) is 0 Å². The quantitative estimate of drug-likeness (QED) is 0.681. The van der Waals surface area contributed by atoms with E-state index in [1.54, 1.807) is 30.3 Å². The Labute approximate surface area is 136 Å². The van der Waals surface area contributed by atoms with Crippen molar-refractivity contribution in [1.29, 1.82) is 0 Å². The number of benzene rings is 1. The Morgan fingerprint density at radius 3 is 2.27 bits per heavy atom. The summed E-state index contributed by atoms with van der Waals surface area (Å²) >= 11 is 2.06. The van der Waals surface area contributed by atoms with Gasteiger partial charge in [0, 0.05) is 18.0 Å². The molecule has 0 saturated heterocycles. The number of rotatable bonds is 4. The molecule has 0 aliphatic rings. The molecule has 1 heterocycles. The minimum atomic E-state index is -0.178. The van der Waals surface area contributed by atoms with E-state index in [9.17, 15) is 14.0 Å². The minimum absolute atomic E-state index is 0.0718. The third-order valence-electron chi connectivity index (χ3n) is 2.30. The Morgan fingerprint density at radius 2 is 1.86 bits per heavy atom. The van der Waals surface area contributed by atoms with Crippen LogP contribution in [0.4, 0.5) is 4.39 Å². The second kappa shape index (κ2) is 10.1. The van der Waals surface area contributed by atoms with Crippen LogP contribution in [0.5, 0.6) is 0 Å². The molecule has 0 bridgehead atoms. The number of hydrogen-bond donors (Lipinski definition) is 1. The van der Waals surface area contributed by atoms with Crippen LogP contribution < -0.4 is 5.14 Å². The van der Waals surface area contributed by atoms with Gasteiger partial charge in [-0.2, -0.15) is 0 Å². The third kappa shape index (κ3) is 7.35. The van der Waals surface area contributed by atoms with Gasteiger partial charge >= 0.3 is 0 Å². The number of carbonyl (C=O) groups is 2. The fraction of sp³-hybridized carbons (Fsp3) is 0.133. The highest BCUT2D eigenvalue weighted by atomic mass is 32.2. The van der Waals surface area contributed by atoms with Crippen LogP contribution in [0.25, 0.3) is 0 Å². The molecule has 1 aromatic heterocycles. The molecule has 0 amide bonds. The van der Waals surface area contributed by atoms with Gasteiger partial charge in [0.2, 0.25) is 0 Å². The SMILES string of the molecule is CC(=O)SCC(=O)c1ccc(SN)cn1.Fc1ccccc1. The first-order valence-corrected chi connectivity index (χ1v) is 8.09.